The minimum Gasteiger partial charge on any atom is -0.327 e. The highest BCUT2D eigenvalue weighted by atomic mass is 15.4. The van der Waals surface area contributed by atoms with E-state index in [-0.39, 0.29) is 0 Å². The van der Waals surface area contributed by atoms with Crippen molar-refractivity contribution in [3.05, 3.63) is 34.9 Å². The molecule has 4 N–H and O–H groups in total. The number of nitrogens with one attached hydrogen (secondary N) is 2. The molecule has 1 heterocycles. The van der Waals surface area contributed by atoms with Crippen molar-refractivity contribution < 1.29 is 0 Å². The Balaban J connectivity index is 1.63. The van der Waals surface area contributed by atoms with Gasteiger partial charge in [-0.1, -0.05) is 24.6 Å². The minimum absolute atomic E-state index is 0.331. The maximum atomic E-state index is 6.41. The quantitative estimate of drug-likeness (QED) is 0.734. The molecule has 20 heavy (non-hydrogen) atoms. The minimum atomic E-state index is 0.331. The molecule has 4 unspecified atom stereocenters. The first kappa shape index (κ1) is 12.8. The average molecular weight is 271 g/mol. The summed E-state index contributed by atoms with van der Waals surface area (Å²) in [6, 6.07) is 8.40. The van der Waals surface area contributed by atoms with Crippen molar-refractivity contribution in [2.45, 2.75) is 63.1 Å². The number of hydrogen-bond donors (Lipinski definition) is 3. The SMILES string of the molecule is NC1CCCC2NNC(c3ccc4c(c3)CCCC4)C12. The molecule has 2 aliphatic carbocycles. The molecule has 0 bridgehead atoms. The van der Waals surface area contributed by atoms with Crippen molar-refractivity contribution in [2.75, 3.05) is 0 Å². The average Bonchev–Trinajstić information content (AvgIpc) is 2.92. The molecule has 1 aromatic rings. The van der Waals surface area contributed by atoms with Crippen molar-refractivity contribution >= 4 is 0 Å². The third-order valence-electron chi connectivity index (χ3n) is 5.55. The monoisotopic (exact) mass is 271 g/mol. The first-order chi connectivity index (χ1) is 9.83. The molecule has 2 fully saturated rings. The predicted octanol–water partition coefficient (Wildman–Crippen LogP) is 2.21. The number of hydrazine groups is 1. The molecule has 1 aliphatic heterocycles. The lowest BCUT2D eigenvalue weighted by molar-refractivity contribution is 0.265. The molecule has 4 rings (SSSR count). The molecule has 3 heteroatoms. The number of benzene rings is 1. The van der Waals surface area contributed by atoms with E-state index in [1.165, 1.54) is 50.5 Å². The van der Waals surface area contributed by atoms with E-state index < -0.39 is 0 Å². The molecule has 1 saturated heterocycles. The second kappa shape index (κ2) is 5.14. The van der Waals surface area contributed by atoms with Crippen LogP contribution in [0.5, 0.6) is 0 Å². The molecule has 0 amide bonds. The Labute approximate surface area is 121 Å². The molecular weight excluding hydrogens is 246 g/mol. The van der Waals surface area contributed by atoms with Gasteiger partial charge in [-0.3, -0.25) is 5.43 Å². The molecule has 0 spiro atoms. The van der Waals surface area contributed by atoms with Crippen LogP contribution in [0.3, 0.4) is 0 Å². The topological polar surface area (TPSA) is 50.1 Å². The number of aryl methyl sites for hydroxylation is 2. The smallest absolute Gasteiger partial charge is 0.0520 e. The van der Waals surface area contributed by atoms with Gasteiger partial charge in [0, 0.05) is 18.0 Å². The van der Waals surface area contributed by atoms with Crippen molar-refractivity contribution in [1.82, 2.24) is 10.9 Å². The van der Waals surface area contributed by atoms with Crippen molar-refractivity contribution in [3.8, 4) is 0 Å². The summed E-state index contributed by atoms with van der Waals surface area (Å²) < 4.78 is 0. The van der Waals surface area contributed by atoms with Gasteiger partial charge in [-0.05, 0) is 55.2 Å². The Kier molecular flexibility index (Phi) is 3.29. The molecule has 0 aromatic heterocycles. The molecule has 3 aliphatic rings. The second-order valence-electron chi connectivity index (χ2n) is 6.78. The third-order valence-corrected chi connectivity index (χ3v) is 5.55. The highest BCUT2D eigenvalue weighted by molar-refractivity contribution is 5.36. The fraction of sp³-hybridized carbons (Fsp3) is 0.647. The van der Waals surface area contributed by atoms with Crippen LogP contribution in [0.2, 0.25) is 0 Å². The summed E-state index contributed by atoms with van der Waals surface area (Å²) in [5, 5.41) is 0. The highest BCUT2D eigenvalue weighted by Crippen LogP contribution is 2.38. The zero-order chi connectivity index (χ0) is 13.5. The summed E-state index contributed by atoms with van der Waals surface area (Å²) in [7, 11) is 0. The largest absolute Gasteiger partial charge is 0.327 e. The molecular formula is C17H25N3. The molecule has 4 atom stereocenters. The van der Waals surface area contributed by atoms with Crippen LogP contribution in [-0.4, -0.2) is 12.1 Å². The van der Waals surface area contributed by atoms with Crippen LogP contribution >= 0.6 is 0 Å². The molecule has 3 nitrogen and oxygen atoms in total. The summed E-state index contributed by atoms with van der Waals surface area (Å²) in [4.78, 5) is 0. The summed E-state index contributed by atoms with van der Waals surface area (Å²) in [5.41, 5.74) is 18.0. The van der Waals surface area contributed by atoms with Crippen LogP contribution in [0.25, 0.3) is 0 Å². The van der Waals surface area contributed by atoms with Crippen LogP contribution in [0.1, 0.15) is 54.8 Å². The van der Waals surface area contributed by atoms with Gasteiger partial charge in [0.2, 0.25) is 0 Å². The lowest BCUT2D eigenvalue weighted by Crippen LogP contribution is -2.43. The van der Waals surface area contributed by atoms with Crippen LogP contribution in [0, 0.1) is 5.92 Å². The molecule has 1 saturated carbocycles. The van der Waals surface area contributed by atoms with E-state index in [1.807, 2.05) is 0 Å². The molecule has 1 aromatic carbocycles. The van der Waals surface area contributed by atoms with Gasteiger partial charge >= 0.3 is 0 Å². The standard InChI is InChI=1S/C17H25N3/c18-14-6-3-7-15-16(14)17(20-19-15)13-9-8-11-4-1-2-5-12(11)10-13/h8-10,14-17,19-20H,1-7,18H2. The summed E-state index contributed by atoms with van der Waals surface area (Å²) in [6.45, 7) is 0. The molecule has 108 valence electrons. The lowest BCUT2D eigenvalue weighted by Gasteiger charge is -2.33. The fourth-order valence-electron chi connectivity index (χ4n) is 4.45. The zero-order valence-electron chi connectivity index (χ0n) is 12.1. The Morgan fingerprint density at radius 2 is 1.80 bits per heavy atom. The van der Waals surface area contributed by atoms with E-state index in [4.69, 9.17) is 5.73 Å². The Morgan fingerprint density at radius 1 is 0.950 bits per heavy atom. The van der Waals surface area contributed by atoms with E-state index >= 15 is 0 Å². The van der Waals surface area contributed by atoms with Crippen LogP contribution < -0.4 is 16.6 Å². The van der Waals surface area contributed by atoms with E-state index in [1.54, 1.807) is 11.1 Å². The predicted molar refractivity (Wildman–Crippen MR) is 81.2 cm³/mol. The molecule has 0 radical (unpaired) electrons. The first-order valence-electron chi connectivity index (χ1n) is 8.21. The second-order valence-corrected chi connectivity index (χ2v) is 6.78. The van der Waals surface area contributed by atoms with Gasteiger partial charge in [-0.15, -0.1) is 0 Å². The van der Waals surface area contributed by atoms with Gasteiger partial charge < -0.3 is 5.73 Å². The van der Waals surface area contributed by atoms with E-state index in [0.717, 1.165) is 0 Å². The maximum absolute atomic E-state index is 6.41. The maximum Gasteiger partial charge on any atom is 0.0520 e. The van der Waals surface area contributed by atoms with Crippen molar-refractivity contribution in [2.24, 2.45) is 11.7 Å². The van der Waals surface area contributed by atoms with Crippen molar-refractivity contribution in [3.63, 3.8) is 0 Å². The van der Waals surface area contributed by atoms with E-state index in [0.29, 0.717) is 24.0 Å². The Bertz CT molecular complexity index is 499. The van der Waals surface area contributed by atoms with Gasteiger partial charge in [0.25, 0.3) is 0 Å². The lowest BCUT2D eigenvalue weighted by atomic mass is 9.76. The van der Waals surface area contributed by atoms with Gasteiger partial charge in [-0.2, -0.15) is 0 Å². The van der Waals surface area contributed by atoms with Gasteiger partial charge in [0.1, 0.15) is 0 Å². The van der Waals surface area contributed by atoms with Crippen molar-refractivity contribution in [1.29, 1.82) is 0 Å². The summed E-state index contributed by atoms with van der Waals surface area (Å²) in [6.07, 6.45) is 8.90. The number of nitrogens with two attached hydrogens (primary N) is 1. The zero-order valence-corrected chi connectivity index (χ0v) is 12.1. The number of hydrogen-bond acceptors (Lipinski definition) is 3. The fourth-order valence-corrected chi connectivity index (χ4v) is 4.45. The van der Waals surface area contributed by atoms with Gasteiger partial charge in [-0.25, -0.2) is 5.43 Å². The van der Waals surface area contributed by atoms with Crippen LogP contribution in [-0.2, 0) is 12.8 Å². The van der Waals surface area contributed by atoms with E-state index in [9.17, 15) is 0 Å². The number of rotatable bonds is 1. The summed E-state index contributed by atoms with van der Waals surface area (Å²) >= 11 is 0. The Hall–Kier alpha value is -0.900. The van der Waals surface area contributed by atoms with E-state index in [2.05, 4.69) is 29.1 Å². The highest BCUT2D eigenvalue weighted by Gasteiger charge is 2.42. The first-order valence-corrected chi connectivity index (χ1v) is 8.21. The van der Waals surface area contributed by atoms with Crippen LogP contribution in [0.15, 0.2) is 18.2 Å². The Morgan fingerprint density at radius 3 is 2.70 bits per heavy atom. The normalized spacial score (nSPS) is 36.5. The number of fused-ring (bicyclic) bond motifs is 2. The summed E-state index contributed by atoms with van der Waals surface area (Å²) in [5.74, 6) is 0.547. The van der Waals surface area contributed by atoms with Gasteiger partial charge in [0.15, 0.2) is 0 Å². The third kappa shape index (κ3) is 2.09. The van der Waals surface area contributed by atoms with Gasteiger partial charge in [0.05, 0.1) is 6.04 Å². The van der Waals surface area contributed by atoms with Crippen LogP contribution in [0.4, 0.5) is 0 Å².